The molecule has 0 heteroatoms. The van der Waals surface area contributed by atoms with Crippen LogP contribution in [0.15, 0.2) is 18.2 Å². The number of hydrogen-bond donors (Lipinski definition) is 0. The summed E-state index contributed by atoms with van der Waals surface area (Å²) >= 11 is 0. The second kappa shape index (κ2) is 2.70. The third-order valence-corrected chi connectivity index (χ3v) is 1.60. The minimum Gasteiger partial charge on any atom is -0.0616 e. The van der Waals surface area contributed by atoms with Crippen LogP contribution in [0.1, 0.15) is 16.7 Å². The highest BCUT2D eigenvalue weighted by molar-refractivity contribution is 5.51. The highest BCUT2D eigenvalue weighted by atomic mass is 14.0. The number of aryl methyl sites for hydroxylation is 2. The van der Waals surface area contributed by atoms with Crippen molar-refractivity contribution < 1.29 is 0 Å². The summed E-state index contributed by atoms with van der Waals surface area (Å²) in [5.41, 5.74) is 3.64. The van der Waals surface area contributed by atoms with Gasteiger partial charge in [0.15, 0.2) is 0 Å². The average molecular weight is 131 g/mol. The van der Waals surface area contributed by atoms with Crippen LogP contribution in [0.2, 0.25) is 0 Å². The van der Waals surface area contributed by atoms with Gasteiger partial charge in [-0.05, 0) is 25.0 Å². The first-order valence-corrected chi connectivity index (χ1v) is 3.36. The van der Waals surface area contributed by atoms with Crippen LogP contribution in [0.4, 0.5) is 0 Å². The second-order valence-electron chi connectivity index (χ2n) is 2.53. The molecular formula is C10H11. The molecule has 51 valence electrons. The monoisotopic (exact) mass is 131 g/mol. The first kappa shape index (κ1) is 7.07. The zero-order valence-electron chi connectivity index (χ0n) is 6.39. The smallest absolute Gasteiger partial charge is 0.0227 e. The molecule has 0 nitrogen and oxygen atoms in total. The van der Waals surface area contributed by atoms with Gasteiger partial charge in [-0.3, -0.25) is 0 Å². The van der Waals surface area contributed by atoms with Crippen molar-refractivity contribution in [2.45, 2.75) is 13.8 Å². The highest BCUT2D eigenvalue weighted by Gasteiger charge is 1.91. The summed E-state index contributed by atoms with van der Waals surface area (Å²) in [6.07, 6.45) is 1.63. The molecule has 0 bridgehead atoms. The third-order valence-electron chi connectivity index (χ3n) is 1.60. The lowest BCUT2D eigenvalue weighted by atomic mass is 10.1. The molecule has 0 heterocycles. The maximum Gasteiger partial charge on any atom is -0.0227 e. The van der Waals surface area contributed by atoms with Gasteiger partial charge in [-0.2, -0.15) is 0 Å². The largest absolute Gasteiger partial charge is 0.0616 e. The van der Waals surface area contributed by atoms with Crippen LogP contribution in [0.5, 0.6) is 0 Å². The Morgan fingerprint density at radius 1 is 1.30 bits per heavy atom. The maximum atomic E-state index is 5.38. The van der Waals surface area contributed by atoms with Crippen molar-refractivity contribution in [2.75, 3.05) is 0 Å². The zero-order chi connectivity index (χ0) is 7.56. The summed E-state index contributed by atoms with van der Waals surface area (Å²) in [6.45, 7) is 9.51. The van der Waals surface area contributed by atoms with E-state index in [1.54, 1.807) is 6.08 Å². The molecule has 0 aliphatic heterocycles. The van der Waals surface area contributed by atoms with E-state index in [2.05, 4.69) is 26.0 Å². The van der Waals surface area contributed by atoms with Gasteiger partial charge < -0.3 is 0 Å². The van der Waals surface area contributed by atoms with Gasteiger partial charge >= 0.3 is 0 Å². The van der Waals surface area contributed by atoms with Crippen molar-refractivity contribution in [3.05, 3.63) is 41.5 Å². The van der Waals surface area contributed by atoms with Gasteiger partial charge in [-0.15, -0.1) is 0 Å². The molecule has 0 saturated carbocycles. The molecule has 0 N–H and O–H groups in total. The molecule has 0 aliphatic carbocycles. The van der Waals surface area contributed by atoms with E-state index < -0.39 is 0 Å². The summed E-state index contributed by atoms with van der Waals surface area (Å²) in [5.74, 6) is 0. The van der Waals surface area contributed by atoms with Gasteiger partial charge in [0.2, 0.25) is 0 Å². The Morgan fingerprint density at radius 2 is 2.00 bits per heavy atom. The first-order valence-electron chi connectivity index (χ1n) is 3.36. The van der Waals surface area contributed by atoms with E-state index in [1.165, 1.54) is 11.1 Å². The molecule has 1 rings (SSSR count). The molecule has 1 aromatic carbocycles. The number of benzene rings is 1. The molecule has 0 atom stereocenters. The van der Waals surface area contributed by atoms with Crippen LogP contribution < -0.4 is 0 Å². The van der Waals surface area contributed by atoms with Crippen molar-refractivity contribution in [3.63, 3.8) is 0 Å². The van der Waals surface area contributed by atoms with Crippen molar-refractivity contribution in [3.8, 4) is 0 Å². The van der Waals surface area contributed by atoms with Gasteiger partial charge in [0, 0.05) is 0 Å². The lowest BCUT2D eigenvalue weighted by Crippen LogP contribution is -1.80. The fourth-order valence-electron chi connectivity index (χ4n) is 1.01. The normalized spacial score (nSPS) is 9.40. The van der Waals surface area contributed by atoms with E-state index in [4.69, 9.17) is 6.58 Å². The number of hydrogen-bond acceptors (Lipinski definition) is 0. The fraction of sp³-hybridized carbons (Fsp3) is 0.200. The van der Waals surface area contributed by atoms with Crippen molar-refractivity contribution >= 4 is 6.08 Å². The quantitative estimate of drug-likeness (QED) is 0.549. The van der Waals surface area contributed by atoms with Gasteiger partial charge in [-0.25, -0.2) is 0 Å². The third kappa shape index (κ3) is 1.27. The molecule has 0 spiro atoms. The van der Waals surface area contributed by atoms with E-state index in [1.807, 2.05) is 6.07 Å². The SMILES string of the molecule is [CH]=Cc1ccc(C)cc1C. The van der Waals surface area contributed by atoms with E-state index >= 15 is 0 Å². The van der Waals surface area contributed by atoms with Crippen molar-refractivity contribution in [1.82, 2.24) is 0 Å². The highest BCUT2D eigenvalue weighted by Crippen LogP contribution is 2.10. The van der Waals surface area contributed by atoms with Gasteiger partial charge in [-0.1, -0.05) is 36.4 Å². The number of rotatable bonds is 1. The lowest BCUT2D eigenvalue weighted by molar-refractivity contribution is 1.37. The van der Waals surface area contributed by atoms with E-state index in [-0.39, 0.29) is 0 Å². The molecule has 1 radical (unpaired) electrons. The summed E-state index contributed by atoms with van der Waals surface area (Å²) in [6, 6.07) is 6.22. The van der Waals surface area contributed by atoms with E-state index in [0.717, 1.165) is 5.56 Å². The average Bonchev–Trinajstić information content (AvgIpc) is 1.88. The lowest BCUT2D eigenvalue weighted by Gasteiger charge is -1.99. The van der Waals surface area contributed by atoms with Gasteiger partial charge in [0.1, 0.15) is 0 Å². The second-order valence-corrected chi connectivity index (χ2v) is 2.53. The first-order chi connectivity index (χ1) is 4.74. The van der Waals surface area contributed by atoms with E-state index in [0.29, 0.717) is 0 Å². The Bertz CT molecular complexity index is 246. The van der Waals surface area contributed by atoms with Crippen LogP contribution in [0.25, 0.3) is 6.08 Å². The minimum atomic E-state index is 1.12. The molecular weight excluding hydrogens is 120 g/mol. The van der Waals surface area contributed by atoms with Gasteiger partial charge in [0.05, 0.1) is 0 Å². The maximum absolute atomic E-state index is 5.38. The summed E-state index contributed by atoms with van der Waals surface area (Å²) in [4.78, 5) is 0. The molecule has 0 aliphatic rings. The van der Waals surface area contributed by atoms with Crippen LogP contribution >= 0.6 is 0 Å². The molecule has 10 heavy (non-hydrogen) atoms. The van der Waals surface area contributed by atoms with E-state index in [9.17, 15) is 0 Å². The predicted molar refractivity (Wildman–Crippen MR) is 44.7 cm³/mol. The molecule has 0 aromatic heterocycles. The Kier molecular flexibility index (Phi) is 1.91. The molecule has 0 fully saturated rings. The molecule has 0 amide bonds. The Balaban J connectivity index is 3.19. The topological polar surface area (TPSA) is 0 Å². The zero-order valence-corrected chi connectivity index (χ0v) is 6.39. The predicted octanol–water partition coefficient (Wildman–Crippen LogP) is 2.75. The standard InChI is InChI=1S/C10H11/c1-4-10-6-5-8(2)7-9(10)3/h1,4-7H,2-3H3. The van der Waals surface area contributed by atoms with Gasteiger partial charge in [0.25, 0.3) is 0 Å². The molecule has 0 unspecified atom stereocenters. The fourth-order valence-corrected chi connectivity index (χ4v) is 1.01. The van der Waals surface area contributed by atoms with Crippen molar-refractivity contribution in [1.29, 1.82) is 0 Å². The molecule has 1 aromatic rings. The summed E-state index contributed by atoms with van der Waals surface area (Å²) in [7, 11) is 0. The summed E-state index contributed by atoms with van der Waals surface area (Å²) in [5, 5.41) is 0. The Morgan fingerprint density at radius 3 is 2.50 bits per heavy atom. The van der Waals surface area contributed by atoms with Crippen LogP contribution in [0, 0.1) is 20.4 Å². The Labute approximate surface area is 62.2 Å². The molecule has 0 saturated heterocycles. The van der Waals surface area contributed by atoms with Crippen LogP contribution in [0.3, 0.4) is 0 Å². The van der Waals surface area contributed by atoms with Crippen LogP contribution in [-0.2, 0) is 0 Å². The van der Waals surface area contributed by atoms with Crippen LogP contribution in [-0.4, -0.2) is 0 Å². The Hall–Kier alpha value is -1.04. The summed E-state index contributed by atoms with van der Waals surface area (Å²) < 4.78 is 0. The minimum absolute atomic E-state index is 1.12. The van der Waals surface area contributed by atoms with Crippen molar-refractivity contribution in [2.24, 2.45) is 0 Å².